The average Bonchev–Trinajstić information content (AvgIpc) is 2.90. The molecule has 2 rings (SSSR count). The molecule has 1 saturated heterocycles. The summed E-state index contributed by atoms with van der Waals surface area (Å²) >= 11 is 0. The van der Waals surface area contributed by atoms with E-state index in [-0.39, 0.29) is 13.2 Å². The van der Waals surface area contributed by atoms with Crippen molar-refractivity contribution in [2.24, 2.45) is 0 Å². The summed E-state index contributed by atoms with van der Waals surface area (Å²) in [6.07, 6.45) is 1.05. The molecule has 118 valence electrons. The molecule has 1 atom stereocenters. The van der Waals surface area contributed by atoms with Crippen molar-refractivity contribution in [3.05, 3.63) is 48.6 Å². The summed E-state index contributed by atoms with van der Waals surface area (Å²) in [5.74, 6) is -1.04. The molecule has 6 heteroatoms. The topological polar surface area (TPSA) is 78.9 Å². The molecule has 0 aliphatic carbocycles. The van der Waals surface area contributed by atoms with Crippen molar-refractivity contribution < 1.29 is 19.4 Å². The molecule has 0 aromatic heterocycles. The first-order valence-corrected chi connectivity index (χ1v) is 7.11. The minimum Gasteiger partial charge on any atom is -0.479 e. The highest BCUT2D eigenvalue weighted by Gasteiger charge is 2.46. The Morgan fingerprint density at radius 3 is 2.77 bits per heavy atom. The standard InChI is InChI=1S/C16H20N2O4/c1-2-10-22-15(21)17-16(14(19)20)8-9-18(12-16)11-13-6-4-3-5-7-13/h2-7H,1,8-12H2,(H,17,21)(H,19,20). The number of carboxylic acid groups (broad SMARTS) is 1. The summed E-state index contributed by atoms with van der Waals surface area (Å²) in [5, 5.41) is 12.0. The lowest BCUT2D eigenvalue weighted by atomic mass is 9.99. The summed E-state index contributed by atoms with van der Waals surface area (Å²) in [7, 11) is 0. The van der Waals surface area contributed by atoms with Crippen molar-refractivity contribution in [2.45, 2.75) is 18.5 Å². The van der Waals surface area contributed by atoms with Crippen molar-refractivity contribution in [1.82, 2.24) is 10.2 Å². The fraction of sp³-hybridized carbons (Fsp3) is 0.375. The van der Waals surface area contributed by atoms with Gasteiger partial charge in [-0.15, -0.1) is 0 Å². The predicted molar refractivity (Wildman–Crippen MR) is 81.4 cm³/mol. The molecule has 1 aliphatic rings. The van der Waals surface area contributed by atoms with Gasteiger partial charge in [0.25, 0.3) is 0 Å². The predicted octanol–water partition coefficient (Wildman–Crippen LogP) is 1.63. The lowest BCUT2D eigenvalue weighted by molar-refractivity contribution is -0.144. The Balaban J connectivity index is 1.99. The summed E-state index contributed by atoms with van der Waals surface area (Å²) in [5.41, 5.74) is -0.189. The second-order valence-electron chi connectivity index (χ2n) is 5.35. The minimum atomic E-state index is -1.30. The van der Waals surface area contributed by atoms with E-state index in [1.54, 1.807) is 0 Å². The molecule has 1 aromatic carbocycles. The van der Waals surface area contributed by atoms with Crippen LogP contribution in [-0.2, 0) is 16.1 Å². The van der Waals surface area contributed by atoms with Gasteiger partial charge in [0.1, 0.15) is 6.61 Å². The molecule has 1 heterocycles. The van der Waals surface area contributed by atoms with Crippen LogP contribution in [0.15, 0.2) is 43.0 Å². The number of amides is 1. The van der Waals surface area contributed by atoms with Crippen LogP contribution < -0.4 is 5.32 Å². The number of aliphatic carboxylic acids is 1. The maximum absolute atomic E-state index is 11.7. The molecule has 1 aromatic rings. The molecule has 22 heavy (non-hydrogen) atoms. The maximum atomic E-state index is 11.7. The van der Waals surface area contributed by atoms with Crippen LogP contribution in [0.3, 0.4) is 0 Å². The van der Waals surface area contributed by atoms with E-state index in [1.165, 1.54) is 6.08 Å². The van der Waals surface area contributed by atoms with Crippen molar-refractivity contribution in [2.75, 3.05) is 19.7 Å². The van der Waals surface area contributed by atoms with Gasteiger partial charge in [-0.1, -0.05) is 43.0 Å². The number of nitrogens with zero attached hydrogens (tertiary/aromatic N) is 1. The summed E-state index contributed by atoms with van der Waals surface area (Å²) < 4.78 is 4.83. The smallest absolute Gasteiger partial charge is 0.408 e. The Morgan fingerprint density at radius 1 is 1.41 bits per heavy atom. The fourth-order valence-electron chi connectivity index (χ4n) is 2.56. The van der Waals surface area contributed by atoms with E-state index >= 15 is 0 Å². The number of hydrogen-bond donors (Lipinski definition) is 2. The first kappa shape index (κ1) is 16.0. The molecule has 0 bridgehead atoms. The van der Waals surface area contributed by atoms with Gasteiger partial charge in [-0.3, -0.25) is 4.90 Å². The van der Waals surface area contributed by atoms with Crippen molar-refractivity contribution >= 4 is 12.1 Å². The third-order valence-corrected chi connectivity index (χ3v) is 3.68. The number of hydrogen-bond acceptors (Lipinski definition) is 4. The highest BCUT2D eigenvalue weighted by atomic mass is 16.5. The van der Waals surface area contributed by atoms with E-state index in [1.807, 2.05) is 35.2 Å². The Bertz CT molecular complexity index is 546. The van der Waals surface area contributed by atoms with E-state index in [0.29, 0.717) is 19.5 Å². The zero-order chi connectivity index (χ0) is 16.0. The molecule has 0 spiro atoms. The Kier molecular flexibility index (Phi) is 5.16. The molecule has 1 fully saturated rings. The molecule has 1 unspecified atom stereocenters. The second-order valence-corrected chi connectivity index (χ2v) is 5.35. The van der Waals surface area contributed by atoms with Gasteiger partial charge in [-0.2, -0.15) is 0 Å². The summed E-state index contributed by atoms with van der Waals surface area (Å²) in [4.78, 5) is 25.3. The number of nitrogens with one attached hydrogen (secondary N) is 1. The number of alkyl carbamates (subject to hydrolysis) is 1. The average molecular weight is 304 g/mol. The number of likely N-dealkylation sites (tertiary alicyclic amines) is 1. The number of ether oxygens (including phenoxy) is 1. The van der Waals surface area contributed by atoms with Crippen LogP contribution >= 0.6 is 0 Å². The Labute approximate surface area is 129 Å². The van der Waals surface area contributed by atoms with Gasteiger partial charge in [0.05, 0.1) is 0 Å². The molecule has 2 N–H and O–H groups in total. The SMILES string of the molecule is C=CCOC(=O)NC1(C(=O)O)CCN(Cc2ccccc2)C1. The fourth-order valence-corrected chi connectivity index (χ4v) is 2.56. The molecule has 1 aliphatic heterocycles. The molecular formula is C16H20N2O4. The molecule has 0 saturated carbocycles. The van der Waals surface area contributed by atoms with E-state index in [4.69, 9.17) is 4.74 Å². The zero-order valence-electron chi connectivity index (χ0n) is 12.3. The monoisotopic (exact) mass is 304 g/mol. The highest BCUT2D eigenvalue weighted by molar-refractivity contribution is 5.85. The van der Waals surface area contributed by atoms with Gasteiger partial charge in [-0.25, -0.2) is 9.59 Å². The minimum absolute atomic E-state index is 0.0509. The van der Waals surface area contributed by atoms with Crippen LogP contribution in [0.5, 0.6) is 0 Å². The second kappa shape index (κ2) is 7.09. The molecule has 1 amide bonds. The van der Waals surface area contributed by atoms with Crippen molar-refractivity contribution in [3.63, 3.8) is 0 Å². The first-order chi connectivity index (χ1) is 10.6. The number of rotatable bonds is 6. The van der Waals surface area contributed by atoms with Gasteiger partial charge in [-0.05, 0) is 12.0 Å². The largest absolute Gasteiger partial charge is 0.479 e. The van der Waals surface area contributed by atoms with Crippen LogP contribution in [0.2, 0.25) is 0 Å². The van der Waals surface area contributed by atoms with Gasteiger partial charge >= 0.3 is 12.1 Å². The van der Waals surface area contributed by atoms with Crippen LogP contribution in [0.1, 0.15) is 12.0 Å². The lowest BCUT2D eigenvalue weighted by Gasteiger charge is -2.25. The molecular weight excluding hydrogens is 284 g/mol. The van der Waals surface area contributed by atoms with Gasteiger partial charge in [0.15, 0.2) is 5.54 Å². The van der Waals surface area contributed by atoms with Crippen LogP contribution in [0.4, 0.5) is 4.79 Å². The third kappa shape index (κ3) is 3.85. The van der Waals surface area contributed by atoms with E-state index in [2.05, 4.69) is 11.9 Å². The number of carbonyl (C=O) groups excluding carboxylic acids is 1. The molecule has 6 nitrogen and oxygen atoms in total. The highest BCUT2D eigenvalue weighted by Crippen LogP contribution is 2.23. The normalized spacial score (nSPS) is 21.3. The van der Waals surface area contributed by atoms with Crippen molar-refractivity contribution in [3.8, 4) is 0 Å². The zero-order valence-corrected chi connectivity index (χ0v) is 12.3. The van der Waals surface area contributed by atoms with Gasteiger partial charge in [0, 0.05) is 19.6 Å². The number of benzene rings is 1. The first-order valence-electron chi connectivity index (χ1n) is 7.11. The van der Waals surface area contributed by atoms with E-state index < -0.39 is 17.6 Å². The maximum Gasteiger partial charge on any atom is 0.408 e. The van der Waals surface area contributed by atoms with Crippen molar-refractivity contribution in [1.29, 1.82) is 0 Å². The Morgan fingerprint density at radius 2 is 2.14 bits per heavy atom. The van der Waals surface area contributed by atoms with E-state index in [0.717, 1.165) is 5.56 Å². The number of carbonyl (C=O) groups is 2. The lowest BCUT2D eigenvalue weighted by Crippen LogP contribution is -2.56. The quantitative estimate of drug-likeness (QED) is 0.781. The number of carboxylic acids is 1. The summed E-state index contributed by atoms with van der Waals surface area (Å²) in [6, 6.07) is 9.81. The van der Waals surface area contributed by atoms with Gasteiger partial charge < -0.3 is 15.2 Å². The van der Waals surface area contributed by atoms with E-state index in [9.17, 15) is 14.7 Å². The van der Waals surface area contributed by atoms with Gasteiger partial charge in [0.2, 0.25) is 0 Å². The summed E-state index contributed by atoms with van der Waals surface area (Å²) in [6.45, 7) is 5.00. The molecule has 0 radical (unpaired) electrons. The Hall–Kier alpha value is -2.34. The van der Waals surface area contributed by atoms with Crippen LogP contribution in [-0.4, -0.2) is 47.3 Å². The third-order valence-electron chi connectivity index (χ3n) is 3.68. The van der Waals surface area contributed by atoms with Crippen LogP contribution in [0.25, 0.3) is 0 Å². The van der Waals surface area contributed by atoms with Crippen LogP contribution in [0, 0.1) is 0 Å².